The molecule has 0 spiro atoms. The second kappa shape index (κ2) is 13.0. The molecule has 4 heteroatoms. The summed E-state index contributed by atoms with van der Waals surface area (Å²) in [6, 6.07) is 5.05. The number of hydrogen-bond acceptors (Lipinski definition) is 4. The van der Waals surface area contributed by atoms with E-state index in [1.54, 1.807) is 12.1 Å². The van der Waals surface area contributed by atoms with Crippen LogP contribution in [0.3, 0.4) is 0 Å². The molecule has 0 radical (unpaired) electrons. The minimum absolute atomic E-state index is 0.0325. The van der Waals surface area contributed by atoms with Crippen molar-refractivity contribution in [2.24, 2.45) is 5.92 Å². The first kappa shape index (κ1) is 21.0. The van der Waals surface area contributed by atoms with Crippen molar-refractivity contribution in [3.63, 3.8) is 0 Å². The van der Waals surface area contributed by atoms with Gasteiger partial charge in [-0.15, -0.1) is 0 Å². The van der Waals surface area contributed by atoms with E-state index < -0.39 is 0 Å². The molecule has 1 aliphatic rings. The smallest absolute Gasteiger partial charge is 0.157 e. The lowest BCUT2D eigenvalue weighted by atomic mass is 9.87. The zero-order chi connectivity index (χ0) is 18.5. The molecular weight excluding hydrogens is 324 g/mol. The Bertz CT molecular complexity index is 487. The molecule has 0 heterocycles. The number of rotatable bonds is 13. The molecule has 0 bridgehead atoms. The lowest BCUT2D eigenvalue weighted by molar-refractivity contribution is 0.333. The summed E-state index contributed by atoms with van der Waals surface area (Å²) in [6.07, 6.45) is 14.7. The van der Waals surface area contributed by atoms with Gasteiger partial charge >= 0.3 is 0 Å². The number of aromatic hydroxyl groups is 2. The van der Waals surface area contributed by atoms with Gasteiger partial charge in [0, 0.05) is 0 Å². The third-order valence-electron chi connectivity index (χ3n) is 5.54. The zero-order valence-electron chi connectivity index (χ0n) is 16.3. The Balaban J connectivity index is 1.33. The minimum Gasteiger partial charge on any atom is -0.504 e. The number of phenols is 2. The summed E-state index contributed by atoms with van der Waals surface area (Å²) < 4.78 is 0. The van der Waals surface area contributed by atoms with E-state index in [4.69, 9.17) is 0 Å². The first-order valence-corrected chi connectivity index (χ1v) is 10.7. The lowest BCUT2D eigenvalue weighted by Crippen LogP contribution is -2.20. The van der Waals surface area contributed by atoms with Gasteiger partial charge in [-0.3, -0.25) is 0 Å². The highest BCUT2D eigenvalue weighted by atomic mass is 16.3. The van der Waals surface area contributed by atoms with E-state index >= 15 is 0 Å². The number of phenolic OH excluding ortho intramolecular Hbond substituents is 2. The number of nitrogens with one attached hydrogen (secondary N) is 2. The zero-order valence-corrected chi connectivity index (χ0v) is 16.3. The Morgan fingerprint density at radius 3 is 2.15 bits per heavy atom. The van der Waals surface area contributed by atoms with Crippen LogP contribution in [0, 0.1) is 5.92 Å². The molecule has 0 amide bonds. The van der Waals surface area contributed by atoms with Gasteiger partial charge in [0.2, 0.25) is 0 Å². The Kier molecular flexibility index (Phi) is 10.5. The molecule has 1 saturated carbocycles. The van der Waals surface area contributed by atoms with Crippen molar-refractivity contribution in [3.05, 3.63) is 23.8 Å². The fourth-order valence-corrected chi connectivity index (χ4v) is 3.84. The van der Waals surface area contributed by atoms with E-state index in [2.05, 4.69) is 10.6 Å². The second-order valence-electron chi connectivity index (χ2n) is 7.78. The van der Waals surface area contributed by atoms with Crippen LogP contribution in [0.1, 0.15) is 69.8 Å². The van der Waals surface area contributed by atoms with Crippen LogP contribution in [0.5, 0.6) is 11.5 Å². The van der Waals surface area contributed by atoms with Crippen LogP contribution in [-0.4, -0.2) is 36.4 Å². The first-order valence-electron chi connectivity index (χ1n) is 10.7. The maximum Gasteiger partial charge on any atom is 0.157 e. The fraction of sp³-hybridized carbons (Fsp3) is 0.727. The molecule has 26 heavy (non-hydrogen) atoms. The summed E-state index contributed by atoms with van der Waals surface area (Å²) in [5, 5.41) is 25.8. The molecule has 148 valence electrons. The molecule has 4 nitrogen and oxygen atoms in total. The molecule has 0 aliphatic heterocycles. The average molecular weight is 363 g/mol. The van der Waals surface area contributed by atoms with E-state index in [1.165, 1.54) is 77.3 Å². The maximum atomic E-state index is 9.47. The molecule has 0 aromatic heterocycles. The fourth-order valence-electron chi connectivity index (χ4n) is 3.84. The van der Waals surface area contributed by atoms with Crippen molar-refractivity contribution in [2.45, 2.75) is 70.6 Å². The van der Waals surface area contributed by atoms with Gasteiger partial charge in [-0.2, -0.15) is 0 Å². The van der Waals surface area contributed by atoms with Crippen molar-refractivity contribution < 1.29 is 10.2 Å². The van der Waals surface area contributed by atoms with Gasteiger partial charge in [-0.05, 0) is 75.5 Å². The highest BCUT2D eigenvalue weighted by molar-refractivity contribution is 5.40. The normalized spacial score (nSPS) is 15.4. The first-order chi connectivity index (χ1) is 12.8. The molecule has 1 fully saturated rings. The van der Waals surface area contributed by atoms with Gasteiger partial charge in [-0.1, -0.05) is 51.0 Å². The summed E-state index contributed by atoms with van der Waals surface area (Å²) in [5.74, 6) is 0.910. The summed E-state index contributed by atoms with van der Waals surface area (Å²) in [5.41, 5.74) is 1.05. The van der Waals surface area contributed by atoms with Crippen LogP contribution >= 0.6 is 0 Å². The molecule has 1 aliphatic carbocycles. The third-order valence-corrected chi connectivity index (χ3v) is 5.54. The SMILES string of the molecule is Oc1ccc(CCNCCCCCCNCCC2CCCCC2)cc1O. The van der Waals surface area contributed by atoms with Crippen LogP contribution in [0.2, 0.25) is 0 Å². The van der Waals surface area contributed by atoms with Crippen LogP contribution in [0.25, 0.3) is 0 Å². The molecule has 1 aromatic carbocycles. The lowest BCUT2D eigenvalue weighted by Gasteiger charge is -2.21. The third kappa shape index (κ3) is 8.91. The molecule has 0 unspecified atom stereocenters. The highest BCUT2D eigenvalue weighted by Gasteiger charge is 2.12. The summed E-state index contributed by atoms with van der Waals surface area (Å²) >= 11 is 0. The van der Waals surface area contributed by atoms with E-state index in [9.17, 15) is 10.2 Å². The van der Waals surface area contributed by atoms with E-state index in [0.29, 0.717) is 0 Å². The summed E-state index contributed by atoms with van der Waals surface area (Å²) in [4.78, 5) is 0. The van der Waals surface area contributed by atoms with Gasteiger partial charge < -0.3 is 20.8 Å². The van der Waals surface area contributed by atoms with Crippen molar-refractivity contribution in [3.8, 4) is 11.5 Å². The Morgan fingerprint density at radius 2 is 1.46 bits per heavy atom. The topological polar surface area (TPSA) is 64.5 Å². The van der Waals surface area contributed by atoms with Crippen molar-refractivity contribution in [1.29, 1.82) is 0 Å². The molecule has 0 atom stereocenters. The van der Waals surface area contributed by atoms with Crippen LogP contribution in [0.15, 0.2) is 18.2 Å². The number of hydrogen-bond donors (Lipinski definition) is 4. The highest BCUT2D eigenvalue weighted by Crippen LogP contribution is 2.26. The van der Waals surface area contributed by atoms with Crippen LogP contribution in [-0.2, 0) is 6.42 Å². The largest absolute Gasteiger partial charge is 0.504 e. The van der Waals surface area contributed by atoms with Crippen LogP contribution < -0.4 is 10.6 Å². The van der Waals surface area contributed by atoms with E-state index in [1.807, 2.05) is 6.07 Å². The summed E-state index contributed by atoms with van der Waals surface area (Å²) in [7, 11) is 0. The number of benzene rings is 1. The molecular formula is C22H38N2O2. The molecule has 0 saturated heterocycles. The maximum absolute atomic E-state index is 9.47. The molecule has 1 aromatic rings. The molecule has 4 N–H and O–H groups in total. The Hall–Kier alpha value is -1.26. The summed E-state index contributed by atoms with van der Waals surface area (Å²) in [6.45, 7) is 4.34. The van der Waals surface area contributed by atoms with Crippen molar-refractivity contribution in [2.75, 3.05) is 26.2 Å². The second-order valence-corrected chi connectivity index (χ2v) is 7.78. The monoisotopic (exact) mass is 362 g/mol. The van der Waals surface area contributed by atoms with Gasteiger partial charge in [0.15, 0.2) is 11.5 Å². The quantitative estimate of drug-likeness (QED) is 0.311. The standard InChI is InChI=1S/C22H38N2O2/c25-21-11-10-20(18-22(21)26)13-17-24-15-7-2-1-6-14-23-16-12-19-8-4-3-5-9-19/h10-11,18-19,23-26H,1-9,12-17H2. The number of unbranched alkanes of at least 4 members (excludes halogenated alkanes) is 3. The Morgan fingerprint density at radius 1 is 0.769 bits per heavy atom. The van der Waals surface area contributed by atoms with Gasteiger partial charge in [0.1, 0.15) is 0 Å². The van der Waals surface area contributed by atoms with Gasteiger partial charge in [-0.25, -0.2) is 0 Å². The predicted molar refractivity (Wildman–Crippen MR) is 109 cm³/mol. The van der Waals surface area contributed by atoms with E-state index in [-0.39, 0.29) is 11.5 Å². The van der Waals surface area contributed by atoms with Crippen molar-refractivity contribution >= 4 is 0 Å². The average Bonchev–Trinajstić information content (AvgIpc) is 2.66. The van der Waals surface area contributed by atoms with Crippen molar-refractivity contribution in [1.82, 2.24) is 10.6 Å². The van der Waals surface area contributed by atoms with Gasteiger partial charge in [0.25, 0.3) is 0 Å². The predicted octanol–water partition coefficient (Wildman–Crippen LogP) is 4.35. The molecule has 2 rings (SSSR count). The van der Waals surface area contributed by atoms with E-state index in [0.717, 1.165) is 31.0 Å². The van der Waals surface area contributed by atoms with Crippen LogP contribution in [0.4, 0.5) is 0 Å². The van der Waals surface area contributed by atoms with Gasteiger partial charge in [0.05, 0.1) is 0 Å². The minimum atomic E-state index is -0.0508. The Labute approximate surface area is 159 Å².